The van der Waals surface area contributed by atoms with Gasteiger partial charge >= 0.3 is 6.01 Å². The molecule has 0 bridgehead atoms. The lowest BCUT2D eigenvalue weighted by atomic mass is 10.0. The highest BCUT2D eigenvalue weighted by Gasteiger charge is 2.44. The Kier molecular flexibility index (Phi) is 7.74. The lowest BCUT2D eigenvalue weighted by molar-refractivity contribution is -0.126. The van der Waals surface area contributed by atoms with Crippen LogP contribution in [-0.2, 0) is 17.8 Å². The minimum absolute atomic E-state index is 0.0494. The number of nitrogens with zero attached hydrogens (tertiary/aromatic N) is 6. The lowest BCUT2D eigenvalue weighted by Crippen LogP contribution is -2.54. The Balaban J connectivity index is 1.34. The van der Waals surface area contributed by atoms with Crippen molar-refractivity contribution < 1.29 is 13.9 Å². The first kappa shape index (κ1) is 28.7. The molecule has 1 atom stereocenters. The molecular weight excluding hydrogens is 555 g/mol. The number of benzene rings is 2. The van der Waals surface area contributed by atoms with Crippen LogP contribution in [0, 0.1) is 11.2 Å². The Labute approximate surface area is 251 Å². The van der Waals surface area contributed by atoms with Crippen molar-refractivity contribution in [3.63, 3.8) is 0 Å². The Hall–Kier alpha value is -3.43. The van der Waals surface area contributed by atoms with Crippen LogP contribution >= 0.6 is 11.6 Å². The van der Waals surface area contributed by atoms with Gasteiger partial charge in [-0.2, -0.15) is 9.97 Å². The second kappa shape index (κ2) is 11.3. The first-order valence-electron chi connectivity index (χ1n) is 14.6. The number of anilines is 2. The number of amides is 1. The molecule has 1 amide bonds. The van der Waals surface area contributed by atoms with Gasteiger partial charge in [-0.05, 0) is 63.9 Å². The fraction of sp³-hybridized carbons (Fsp3) is 0.469. The maximum absolute atomic E-state index is 14.5. The van der Waals surface area contributed by atoms with E-state index in [9.17, 15) is 9.18 Å². The minimum atomic E-state index is -0.427. The van der Waals surface area contributed by atoms with Crippen LogP contribution < -0.4 is 14.5 Å². The van der Waals surface area contributed by atoms with Gasteiger partial charge in [0.15, 0.2) is 0 Å². The first-order valence-corrected chi connectivity index (χ1v) is 15.0. The molecule has 1 saturated carbocycles. The third kappa shape index (κ3) is 5.52. The summed E-state index contributed by atoms with van der Waals surface area (Å²) in [6.45, 7) is 10.4. The summed E-state index contributed by atoms with van der Waals surface area (Å²) in [5.74, 6) is 0.406. The molecule has 0 unspecified atom stereocenters. The molecule has 10 heteroatoms. The number of piperazine rings is 1. The predicted molar refractivity (Wildman–Crippen MR) is 165 cm³/mol. The smallest absolute Gasteiger partial charge is 0.318 e. The summed E-state index contributed by atoms with van der Waals surface area (Å²) in [6.07, 6.45) is 4.36. The van der Waals surface area contributed by atoms with Crippen LogP contribution in [0.4, 0.5) is 15.9 Å². The number of ether oxygens (including phenoxy) is 1. The molecule has 0 spiro atoms. The number of rotatable bonds is 8. The van der Waals surface area contributed by atoms with E-state index in [4.69, 9.17) is 26.3 Å². The number of hydrogen-bond acceptors (Lipinski definition) is 7. The van der Waals surface area contributed by atoms with Gasteiger partial charge in [-0.3, -0.25) is 4.79 Å². The van der Waals surface area contributed by atoms with E-state index in [-0.39, 0.29) is 22.4 Å². The van der Waals surface area contributed by atoms with Crippen molar-refractivity contribution >= 4 is 39.8 Å². The molecule has 2 aliphatic heterocycles. The van der Waals surface area contributed by atoms with Crippen LogP contribution in [-0.4, -0.2) is 85.1 Å². The van der Waals surface area contributed by atoms with Crippen molar-refractivity contribution in [3.05, 3.63) is 65.1 Å². The molecule has 3 aliphatic rings. The maximum Gasteiger partial charge on any atom is 0.318 e. The first-order chi connectivity index (χ1) is 20.2. The SMILES string of the molecule is C=CC(=O)N1CCN(c2nc(OCC3(CN(C)C)CC3)nc3c2CCN(c2cccc4ccc(F)c(Cl)c24)C3)[C@@H](C)C1. The Bertz CT molecular complexity index is 1530. The van der Waals surface area contributed by atoms with Crippen LogP contribution in [0.15, 0.2) is 43.0 Å². The summed E-state index contributed by atoms with van der Waals surface area (Å²) < 4.78 is 20.9. The standard InChI is InChI=1S/C32H38ClFN6O2/c1-5-27(41)39-15-16-40(21(2)17-39)30-23-11-14-38(26-8-6-7-22-9-10-24(34)29(33)28(22)26)18-25(23)35-31(36-30)42-20-32(12-13-32)19-37(3)4/h5-10,21H,1,11-20H2,2-4H3/t21-/m0/s1. The average molecular weight is 593 g/mol. The largest absolute Gasteiger partial charge is 0.463 e. The second-order valence-electron chi connectivity index (χ2n) is 12.2. The zero-order chi connectivity index (χ0) is 29.6. The Morgan fingerprint density at radius 3 is 2.74 bits per heavy atom. The fourth-order valence-corrected chi connectivity index (χ4v) is 6.73. The van der Waals surface area contributed by atoms with Gasteiger partial charge in [0.05, 0.1) is 23.9 Å². The highest BCUT2D eigenvalue weighted by atomic mass is 35.5. The zero-order valence-electron chi connectivity index (χ0n) is 24.6. The molecule has 6 rings (SSSR count). The third-order valence-electron chi connectivity index (χ3n) is 8.78. The number of hydrogen-bond donors (Lipinski definition) is 0. The van der Waals surface area contributed by atoms with Gasteiger partial charge in [-0.25, -0.2) is 4.39 Å². The van der Waals surface area contributed by atoms with E-state index in [1.165, 1.54) is 12.1 Å². The summed E-state index contributed by atoms with van der Waals surface area (Å²) >= 11 is 6.50. The molecule has 42 heavy (non-hydrogen) atoms. The molecule has 3 aromatic rings. The maximum atomic E-state index is 14.5. The third-order valence-corrected chi connectivity index (χ3v) is 9.15. The highest BCUT2D eigenvalue weighted by molar-refractivity contribution is 6.36. The van der Waals surface area contributed by atoms with Crippen molar-refractivity contribution in [2.24, 2.45) is 5.41 Å². The highest BCUT2D eigenvalue weighted by Crippen LogP contribution is 2.46. The second-order valence-corrected chi connectivity index (χ2v) is 12.6. The Morgan fingerprint density at radius 1 is 1.21 bits per heavy atom. The lowest BCUT2D eigenvalue weighted by Gasteiger charge is -2.42. The van der Waals surface area contributed by atoms with E-state index < -0.39 is 5.82 Å². The van der Waals surface area contributed by atoms with E-state index in [1.54, 1.807) is 6.07 Å². The number of carbonyl (C=O) groups excluding carboxylic acids is 1. The molecule has 3 heterocycles. The minimum Gasteiger partial charge on any atom is -0.463 e. The molecule has 1 aliphatic carbocycles. The Morgan fingerprint density at radius 2 is 2.02 bits per heavy atom. The zero-order valence-corrected chi connectivity index (χ0v) is 25.3. The van der Waals surface area contributed by atoms with Gasteiger partial charge in [-0.1, -0.05) is 36.4 Å². The van der Waals surface area contributed by atoms with Gasteiger partial charge in [0, 0.05) is 60.8 Å². The van der Waals surface area contributed by atoms with Crippen molar-refractivity contribution in [1.82, 2.24) is 19.8 Å². The van der Waals surface area contributed by atoms with Crippen LogP contribution in [0.25, 0.3) is 10.8 Å². The summed E-state index contributed by atoms with van der Waals surface area (Å²) in [6, 6.07) is 9.55. The topological polar surface area (TPSA) is 65.0 Å². The monoisotopic (exact) mass is 592 g/mol. The molecule has 2 aromatic carbocycles. The van der Waals surface area contributed by atoms with E-state index in [1.807, 2.05) is 23.1 Å². The molecule has 1 saturated heterocycles. The van der Waals surface area contributed by atoms with Gasteiger partial charge in [0.1, 0.15) is 11.6 Å². The summed E-state index contributed by atoms with van der Waals surface area (Å²) in [5.41, 5.74) is 3.03. The molecule has 2 fully saturated rings. The van der Waals surface area contributed by atoms with E-state index in [0.29, 0.717) is 50.7 Å². The van der Waals surface area contributed by atoms with Gasteiger partial charge in [0.2, 0.25) is 5.91 Å². The number of carbonyl (C=O) groups is 1. The molecule has 8 nitrogen and oxygen atoms in total. The fourth-order valence-electron chi connectivity index (χ4n) is 6.47. The van der Waals surface area contributed by atoms with E-state index in [0.717, 1.165) is 54.0 Å². The van der Waals surface area contributed by atoms with Gasteiger partial charge in [-0.15, -0.1) is 0 Å². The van der Waals surface area contributed by atoms with Gasteiger partial charge < -0.3 is 24.3 Å². The van der Waals surface area contributed by atoms with Crippen LogP contribution in [0.5, 0.6) is 6.01 Å². The van der Waals surface area contributed by atoms with Crippen molar-refractivity contribution in [1.29, 1.82) is 0 Å². The number of halogens is 2. The van der Waals surface area contributed by atoms with Crippen molar-refractivity contribution in [2.75, 3.05) is 63.2 Å². The summed E-state index contributed by atoms with van der Waals surface area (Å²) in [5, 5.41) is 1.75. The summed E-state index contributed by atoms with van der Waals surface area (Å²) in [4.78, 5) is 30.8. The molecular formula is C32H38ClFN6O2. The number of fused-ring (bicyclic) bond motifs is 2. The van der Waals surface area contributed by atoms with E-state index in [2.05, 4.69) is 42.3 Å². The van der Waals surface area contributed by atoms with E-state index >= 15 is 0 Å². The summed E-state index contributed by atoms with van der Waals surface area (Å²) in [7, 11) is 4.18. The van der Waals surface area contributed by atoms with Crippen molar-refractivity contribution in [2.45, 2.75) is 38.8 Å². The van der Waals surface area contributed by atoms with Crippen LogP contribution in [0.1, 0.15) is 31.0 Å². The molecule has 0 radical (unpaired) electrons. The quantitative estimate of drug-likeness (QED) is 0.344. The van der Waals surface area contributed by atoms with Crippen molar-refractivity contribution in [3.8, 4) is 6.01 Å². The molecule has 222 valence electrons. The predicted octanol–water partition coefficient (Wildman–Crippen LogP) is 4.93. The average Bonchev–Trinajstić information content (AvgIpc) is 3.75. The van der Waals surface area contributed by atoms with Crippen LogP contribution in [0.2, 0.25) is 5.02 Å². The number of aromatic nitrogens is 2. The molecule has 0 N–H and O–H groups in total. The van der Waals surface area contributed by atoms with Gasteiger partial charge in [0.25, 0.3) is 0 Å². The normalized spacial score (nSPS) is 19.7. The molecule has 1 aromatic heterocycles. The van der Waals surface area contributed by atoms with Crippen LogP contribution in [0.3, 0.4) is 0 Å².